The van der Waals surface area contributed by atoms with Gasteiger partial charge >= 0.3 is 0 Å². The number of aromatic nitrogens is 1. The van der Waals surface area contributed by atoms with Crippen molar-refractivity contribution in [1.82, 2.24) is 9.88 Å². The molecule has 16 heavy (non-hydrogen) atoms. The maximum atomic E-state index is 3.54. The van der Waals surface area contributed by atoms with E-state index in [-0.39, 0.29) is 0 Å². The van der Waals surface area contributed by atoms with Gasteiger partial charge in [0, 0.05) is 40.6 Å². The number of aryl methyl sites for hydroxylation is 1. The molecule has 84 valence electrons. The van der Waals surface area contributed by atoms with Crippen LogP contribution in [0.2, 0.25) is 0 Å². The summed E-state index contributed by atoms with van der Waals surface area (Å²) in [7, 11) is 4.22. The number of hydrogen-bond acceptors (Lipinski definition) is 1. The van der Waals surface area contributed by atoms with Crippen molar-refractivity contribution in [2.24, 2.45) is 7.05 Å². The van der Waals surface area contributed by atoms with Gasteiger partial charge in [0.25, 0.3) is 0 Å². The Morgan fingerprint density at radius 3 is 2.94 bits per heavy atom. The number of fused-ring (bicyclic) bond motifs is 3. The SMILES string of the molecule is CNC1Cc2c(n(C)c3cc(Br)ccc23)C1. The number of hydrogen-bond donors (Lipinski definition) is 1. The summed E-state index contributed by atoms with van der Waals surface area (Å²) < 4.78 is 3.50. The molecule has 1 aromatic heterocycles. The minimum Gasteiger partial charge on any atom is -0.347 e. The van der Waals surface area contributed by atoms with Gasteiger partial charge in [-0.1, -0.05) is 22.0 Å². The van der Waals surface area contributed by atoms with Crippen LogP contribution in [0.15, 0.2) is 22.7 Å². The Bertz CT molecular complexity index is 557. The van der Waals surface area contributed by atoms with E-state index in [1.54, 1.807) is 0 Å². The highest BCUT2D eigenvalue weighted by molar-refractivity contribution is 9.10. The first-order valence-corrected chi connectivity index (χ1v) is 6.43. The van der Waals surface area contributed by atoms with Gasteiger partial charge in [-0.25, -0.2) is 0 Å². The molecular weight excluding hydrogens is 264 g/mol. The molecular formula is C13H15BrN2. The summed E-state index contributed by atoms with van der Waals surface area (Å²) in [4.78, 5) is 0. The normalized spacial score (nSPS) is 19.3. The number of nitrogens with one attached hydrogen (secondary N) is 1. The third-order valence-corrected chi connectivity index (χ3v) is 4.19. The van der Waals surface area contributed by atoms with Crippen molar-refractivity contribution in [3.63, 3.8) is 0 Å². The van der Waals surface area contributed by atoms with Crippen LogP contribution in [0.1, 0.15) is 11.3 Å². The van der Waals surface area contributed by atoms with Crippen LogP contribution in [0.4, 0.5) is 0 Å². The Morgan fingerprint density at radius 2 is 2.19 bits per heavy atom. The summed E-state index contributed by atoms with van der Waals surface area (Å²) in [5, 5.41) is 4.79. The minimum atomic E-state index is 0.615. The fourth-order valence-corrected chi connectivity index (χ4v) is 3.13. The summed E-state index contributed by atoms with van der Waals surface area (Å²) in [5.41, 5.74) is 4.37. The molecule has 0 bridgehead atoms. The first-order valence-electron chi connectivity index (χ1n) is 5.63. The largest absolute Gasteiger partial charge is 0.347 e. The third-order valence-electron chi connectivity index (χ3n) is 3.70. The first kappa shape index (κ1) is 10.4. The molecule has 1 atom stereocenters. The molecule has 2 aromatic rings. The second kappa shape index (κ2) is 3.60. The molecule has 0 aliphatic heterocycles. The van der Waals surface area contributed by atoms with Gasteiger partial charge in [-0.15, -0.1) is 0 Å². The lowest BCUT2D eigenvalue weighted by Crippen LogP contribution is -2.25. The standard InChI is InChI=1S/C13H15BrN2/c1-15-9-6-11-10-4-3-8(14)5-12(10)16(2)13(11)7-9/h3-5,9,15H,6-7H2,1-2H3. The average Bonchev–Trinajstić information content (AvgIpc) is 2.80. The predicted molar refractivity (Wildman–Crippen MR) is 70.9 cm³/mol. The molecule has 0 radical (unpaired) electrons. The van der Waals surface area contributed by atoms with Crippen molar-refractivity contribution in [3.8, 4) is 0 Å². The Kier molecular flexibility index (Phi) is 2.33. The van der Waals surface area contributed by atoms with E-state index in [0.717, 1.165) is 17.3 Å². The van der Waals surface area contributed by atoms with Crippen LogP contribution in [0, 0.1) is 0 Å². The van der Waals surface area contributed by atoms with E-state index in [1.165, 1.54) is 22.2 Å². The van der Waals surface area contributed by atoms with Crippen LogP contribution in [0.3, 0.4) is 0 Å². The number of rotatable bonds is 1. The molecule has 3 heteroatoms. The van der Waals surface area contributed by atoms with Crippen molar-refractivity contribution in [3.05, 3.63) is 33.9 Å². The fourth-order valence-electron chi connectivity index (χ4n) is 2.78. The van der Waals surface area contributed by atoms with Gasteiger partial charge in [-0.3, -0.25) is 0 Å². The van der Waals surface area contributed by atoms with Gasteiger partial charge in [0.1, 0.15) is 0 Å². The van der Waals surface area contributed by atoms with Crippen molar-refractivity contribution in [1.29, 1.82) is 0 Å². The molecule has 1 N–H and O–H groups in total. The smallest absolute Gasteiger partial charge is 0.0494 e. The number of halogens is 1. The first-order chi connectivity index (χ1) is 7.70. The number of nitrogens with zero attached hydrogens (tertiary/aromatic N) is 1. The van der Waals surface area contributed by atoms with Gasteiger partial charge in [0.05, 0.1) is 0 Å². The van der Waals surface area contributed by atoms with E-state index in [1.807, 2.05) is 0 Å². The van der Waals surface area contributed by atoms with Crippen molar-refractivity contribution in [2.45, 2.75) is 18.9 Å². The Hall–Kier alpha value is -0.800. The molecule has 1 aromatic carbocycles. The minimum absolute atomic E-state index is 0.615. The second-order valence-corrected chi connectivity index (χ2v) is 5.46. The lowest BCUT2D eigenvalue weighted by atomic mass is 10.1. The zero-order chi connectivity index (χ0) is 11.3. The Morgan fingerprint density at radius 1 is 1.38 bits per heavy atom. The van der Waals surface area contributed by atoms with E-state index < -0.39 is 0 Å². The highest BCUT2D eigenvalue weighted by Crippen LogP contribution is 2.33. The second-order valence-electron chi connectivity index (χ2n) is 4.54. The fraction of sp³-hybridized carbons (Fsp3) is 0.385. The number of benzene rings is 1. The van der Waals surface area contributed by atoms with Crippen LogP contribution in [0.5, 0.6) is 0 Å². The van der Waals surface area contributed by atoms with Crippen LogP contribution in [0.25, 0.3) is 10.9 Å². The van der Waals surface area contributed by atoms with E-state index >= 15 is 0 Å². The van der Waals surface area contributed by atoms with Crippen molar-refractivity contribution < 1.29 is 0 Å². The lowest BCUT2D eigenvalue weighted by molar-refractivity contribution is 0.585. The highest BCUT2D eigenvalue weighted by Gasteiger charge is 2.26. The van der Waals surface area contributed by atoms with Gasteiger partial charge in [0.15, 0.2) is 0 Å². The molecule has 1 aliphatic rings. The molecule has 2 nitrogen and oxygen atoms in total. The average molecular weight is 279 g/mol. The topological polar surface area (TPSA) is 17.0 Å². The summed E-state index contributed by atoms with van der Waals surface area (Å²) in [5.74, 6) is 0. The molecule has 0 fully saturated rings. The molecule has 1 heterocycles. The summed E-state index contributed by atoms with van der Waals surface area (Å²) in [6, 6.07) is 7.19. The zero-order valence-corrected chi connectivity index (χ0v) is 11.1. The third kappa shape index (κ3) is 1.35. The maximum Gasteiger partial charge on any atom is 0.0494 e. The summed E-state index contributed by atoms with van der Waals surface area (Å²) >= 11 is 3.54. The van der Waals surface area contributed by atoms with Gasteiger partial charge in [-0.2, -0.15) is 0 Å². The summed E-state index contributed by atoms with van der Waals surface area (Å²) in [6.07, 6.45) is 2.30. The van der Waals surface area contributed by atoms with E-state index in [4.69, 9.17) is 0 Å². The van der Waals surface area contributed by atoms with E-state index in [2.05, 4.69) is 58.1 Å². The van der Waals surface area contributed by atoms with E-state index in [9.17, 15) is 0 Å². The number of likely N-dealkylation sites (N-methyl/N-ethyl adjacent to an activating group) is 1. The van der Waals surface area contributed by atoms with Crippen LogP contribution >= 0.6 is 15.9 Å². The highest BCUT2D eigenvalue weighted by atomic mass is 79.9. The molecule has 0 saturated carbocycles. The molecule has 3 rings (SSSR count). The van der Waals surface area contributed by atoms with Crippen LogP contribution in [-0.2, 0) is 19.9 Å². The van der Waals surface area contributed by atoms with Gasteiger partial charge in [-0.05, 0) is 31.2 Å². The predicted octanol–water partition coefficient (Wildman–Crippen LogP) is 2.63. The quantitative estimate of drug-likeness (QED) is 0.849. The Balaban J connectivity index is 2.23. The maximum absolute atomic E-state index is 3.54. The van der Waals surface area contributed by atoms with Crippen LogP contribution in [-0.4, -0.2) is 17.7 Å². The Labute approximate surface area is 104 Å². The van der Waals surface area contributed by atoms with E-state index in [0.29, 0.717) is 6.04 Å². The molecule has 0 saturated heterocycles. The van der Waals surface area contributed by atoms with Crippen molar-refractivity contribution in [2.75, 3.05) is 7.05 Å². The molecule has 0 spiro atoms. The van der Waals surface area contributed by atoms with Gasteiger partial charge < -0.3 is 9.88 Å². The van der Waals surface area contributed by atoms with Crippen LogP contribution < -0.4 is 5.32 Å². The zero-order valence-electron chi connectivity index (χ0n) is 9.55. The summed E-state index contributed by atoms with van der Waals surface area (Å²) in [6.45, 7) is 0. The lowest BCUT2D eigenvalue weighted by Gasteiger charge is -2.08. The monoisotopic (exact) mass is 278 g/mol. The van der Waals surface area contributed by atoms with Crippen molar-refractivity contribution >= 4 is 26.8 Å². The molecule has 0 amide bonds. The van der Waals surface area contributed by atoms with Gasteiger partial charge in [0.2, 0.25) is 0 Å². The molecule has 1 unspecified atom stereocenters. The molecule has 1 aliphatic carbocycles.